The lowest BCUT2D eigenvalue weighted by Crippen LogP contribution is -2.21. The van der Waals surface area contributed by atoms with Crippen LogP contribution in [0.5, 0.6) is 0 Å². The fourth-order valence-corrected chi connectivity index (χ4v) is 2.55. The number of amides is 1. The van der Waals surface area contributed by atoms with Crippen molar-refractivity contribution in [3.05, 3.63) is 77.1 Å². The van der Waals surface area contributed by atoms with Crippen molar-refractivity contribution in [1.82, 2.24) is 9.78 Å². The van der Waals surface area contributed by atoms with Gasteiger partial charge in [-0.1, -0.05) is 18.2 Å². The van der Waals surface area contributed by atoms with E-state index in [0.29, 0.717) is 16.3 Å². The van der Waals surface area contributed by atoms with E-state index in [0.717, 1.165) is 18.3 Å². The molecule has 0 saturated carbocycles. The molecule has 0 saturated heterocycles. The highest BCUT2D eigenvalue weighted by Crippen LogP contribution is 2.34. The van der Waals surface area contributed by atoms with Gasteiger partial charge < -0.3 is 5.32 Å². The lowest BCUT2D eigenvalue weighted by molar-refractivity contribution is -0.143. The van der Waals surface area contributed by atoms with E-state index >= 15 is 0 Å². The second-order valence-corrected chi connectivity index (χ2v) is 5.68. The van der Waals surface area contributed by atoms with Crippen molar-refractivity contribution >= 4 is 11.6 Å². The minimum atomic E-state index is -4.90. The molecule has 0 radical (unpaired) electrons. The molecule has 27 heavy (non-hydrogen) atoms. The molecule has 0 spiro atoms. The van der Waals surface area contributed by atoms with Crippen molar-refractivity contribution < 1.29 is 26.7 Å². The van der Waals surface area contributed by atoms with Gasteiger partial charge in [0.05, 0.1) is 23.1 Å². The van der Waals surface area contributed by atoms with E-state index in [4.69, 9.17) is 0 Å². The van der Waals surface area contributed by atoms with Crippen LogP contribution in [0.1, 0.15) is 21.6 Å². The predicted molar refractivity (Wildman–Crippen MR) is 87.6 cm³/mol. The molecule has 3 aromatic rings. The van der Waals surface area contributed by atoms with Crippen LogP contribution in [0, 0.1) is 18.6 Å². The second-order valence-electron chi connectivity index (χ2n) is 5.68. The third kappa shape index (κ3) is 3.67. The van der Waals surface area contributed by atoms with Crippen LogP contribution in [0.15, 0.2) is 48.7 Å². The van der Waals surface area contributed by atoms with E-state index in [1.807, 2.05) is 5.32 Å². The summed E-state index contributed by atoms with van der Waals surface area (Å²) in [6.07, 6.45) is -4.14. The van der Waals surface area contributed by atoms with Crippen LogP contribution in [0.25, 0.3) is 5.69 Å². The minimum absolute atomic E-state index is 0.150. The minimum Gasteiger partial charge on any atom is -0.319 e. The molecule has 140 valence electrons. The van der Waals surface area contributed by atoms with Crippen LogP contribution in [0.2, 0.25) is 0 Å². The normalized spacial score (nSPS) is 11.5. The van der Waals surface area contributed by atoms with Crippen LogP contribution in [0.3, 0.4) is 0 Å². The average molecular weight is 381 g/mol. The zero-order valence-electron chi connectivity index (χ0n) is 13.8. The number of carbonyl (C=O) groups excluding carboxylic acids is 1. The Morgan fingerprint density at radius 1 is 1.11 bits per heavy atom. The molecular weight excluding hydrogens is 369 g/mol. The van der Waals surface area contributed by atoms with E-state index in [9.17, 15) is 26.7 Å². The Morgan fingerprint density at radius 2 is 1.81 bits per heavy atom. The van der Waals surface area contributed by atoms with Crippen LogP contribution < -0.4 is 5.32 Å². The lowest BCUT2D eigenvalue weighted by atomic mass is 10.1. The Bertz CT molecular complexity index is 1010. The standard InChI is InChI=1S/C18H12F5N3O/c1-10-4-2-3-5-15(10)26-16(18(21,22)23)12(9-24-26)17(27)25-14-7-6-11(19)8-13(14)20/h2-9H,1H3,(H,25,27). The topological polar surface area (TPSA) is 46.9 Å². The van der Waals surface area contributed by atoms with E-state index in [1.54, 1.807) is 19.1 Å². The molecule has 2 aromatic carbocycles. The molecule has 0 bridgehead atoms. The first-order valence-electron chi connectivity index (χ1n) is 7.66. The number of nitrogens with zero attached hydrogens (tertiary/aromatic N) is 2. The Kier molecular flexibility index (Phi) is 4.69. The van der Waals surface area contributed by atoms with Crippen molar-refractivity contribution in [2.75, 3.05) is 5.32 Å². The average Bonchev–Trinajstić information content (AvgIpc) is 3.03. The van der Waals surface area contributed by atoms with Gasteiger partial charge in [0.25, 0.3) is 5.91 Å². The molecule has 0 fully saturated rings. The number of aromatic nitrogens is 2. The van der Waals surface area contributed by atoms with Crippen molar-refractivity contribution in [2.45, 2.75) is 13.1 Å². The Morgan fingerprint density at radius 3 is 2.44 bits per heavy atom. The maximum Gasteiger partial charge on any atom is 0.434 e. The quantitative estimate of drug-likeness (QED) is 0.667. The number of halogens is 5. The number of hydrogen-bond acceptors (Lipinski definition) is 2. The van der Waals surface area contributed by atoms with E-state index < -0.39 is 40.7 Å². The Balaban J connectivity index is 2.06. The number of aryl methyl sites for hydroxylation is 1. The molecule has 1 N–H and O–H groups in total. The fourth-order valence-electron chi connectivity index (χ4n) is 2.55. The van der Waals surface area contributed by atoms with Gasteiger partial charge in [-0.05, 0) is 30.7 Å². The van der Waals surface area contributed by atoms with Gasteiger partial charge in [0.1, 0.15) is 11.6 Å². The summed E-state index contributed by atoms with van der Waals surface area (Å²) in [6.45, 7) is 1.60. The summed E-state index contributed by atoms with van der Waals surface area (Å²) in [5, 5.41) is 5.71. The van der Waals surface area contributed by atoms with Crippen LogP contribution in [0.4, 0.5) is 27.6 Å². The van der Waals surface area contributed by atoms with Crippen molar-refractivity contribution in [3.63, 3.8) is 0 Å². The van der Waals surface area contributed by atoms with Gasteiger partial charge in [0.2, 0.25) is 0 Å². The highest BCUT2D eigenvalue weighted by molar-refractivity contribution is 6.05. The van der Waals surface area contributed by atoms with Gasteiger partial charge in [-0.3, -0.25) is 4.79 Å². The molecule has 4 nitrogen and oxygen atoms in total. The molecular formula is C18H12F5N3O. The van der Waals surface area contributed by atoms with Crippen molar-refractivity contribution in [1.29, 1.82) is 0 Å². The summed E-state index contributed by atoms with van der Waals surface area (Å²) in [5.41, 5.74) is -1.86. The number of carbonyl (C=O) groups is 1. The largest absolute Gasteiger partial charge is 0.434 e. The molecule has 0 unspecified atom stereocenters. The third-order valence-corrected chi connectivity index (χ3v) is 3.81. The van der Waals surface area contributed by atoms with Gasteiger partial charge in [0.15, 0.2) is 5.69 Å². The smallest absolute Gasteiger partial charge is 0.319 e. The molecule has 3 rings (SSSR count). The first kappa shape index (κ1) is 18.6. The Hall–Kier alpha value is -3.23. The number of nitrogens with one attached hydrogen (secondary N) is 1. The van der Waals surface area contributed by atoms with Gasteiger partial charge in [-0.25, -0.2) is 13.5 Å². The molecule has 0 aliphatic rings. The first-order chi connectivity index (χ1) is 12.7. The van der Waals surface area contributed by atoms with Crippen LogP contribution in [-0.4, -0.2) is 15.7 Å². The van der Waals surface area contributed by atoms with Crippen molar-refractivity contribution in [2.24, 2.45) is 0 Å². The summed E-state index contributed by atoms with van der Waals surface area (Å²) in [4.78, 5) is 12.3. The van der Waals surface area contributed by atoms with Crippen LogP contribution >= 0.6 is 0 Å². The zero-order valence-corrected chi connectivity index (χ0v) is 13.8. The lowest BCUT2D eigenvalue weighted by Gasteiger charge is -2.14. The van der Waals surface area contributed by atoms with E-state index in [2.05, 4.69) is 5.10 Å². The third-order valence-electron chi connectivity index (χ3n) is 3.81. The predicted octanol–water partition coefficient (Wildman–Crippen LogP) is 4.73. The highest BCUT2D eigenvalue weighted by Gasteiger charge is 2.40. The van der Waals surface area contributed by atoms with Gasteiger partial charge in [0, 0.05) is 6.07 Å². The molecule has 9 heteroatoms. The second kappa shape index (κ2) is 6.82. The van der Waals surface area contributed by atoms with Gasteiger partial charge in [-0.15, -0.1) is 0 Å². The summed E-state index contributed by atoms with van der Waals surface area (Å²) in [7, 11) is 0. The molecule has 0 atom stereocenters. The molecule has 1 amide bonds. The zero-order chi connectivity index (χ0) is 19.8. The summed E-state index contributed by atoms with van der Waals surface area (Å²) in [6, 6.07) is 8.53. The SMILES string of the molecule is Cc1ccccc1-n1ncc(C(=O)Nc2ccc(F)cc2F)c1C(F)(F)F. The molecule has 0 aliphatic heterocycles. The number of rotatable bonds is 3. The van der Waals surface area contributed by atoms with Crippen molar-refractivity contribution in [3.8, 4) is 5.69 Å². The van der Waals surface area contributed by atoms with E-state index in [-0.39, 0.29) is 5.69 Å². The monoisotopic (exact) mass is 381 g/mol. The number of para-hydroxylation sites is 1. The van der Waals surface area contributed by atoms with Gasteiger partial charge >= 0.3 is 6.18 Å². The molecule has 0 aliphatic carbocycles. The summed E-state index contributed by atoms with van der Waals surface area (Å²) >= 11 is 0. The maximum atomic E-state index is 13.7. The highest BCUT2D eigenvalue weighted by atomic mass is 19.4. The number of anilines is 1. The number of hydrogen-bond donors (Lipinski definition) is 1. The van der Waals surface area contributed by atoms with E-state index in [1.165, 1.54) is 12.1 Å². The summed E-state index contributed by atoms with van der Waals surface area (Å²) < 4.78 is 68.1. The molecule has 1 aromatic heterocycles. The summed E-state index contributed by atoms with van der Waals surface area (Å²) in [5.74, 6) is -3.20. The first-order valence-corrected chi connectivity index (χ1v) is 7.66. The molecule has 1 heterocycles. The number of benzene rings is 2. The Labute approximate surface area is 150 Å². The van der Waals surface area contributed by atoms with Crippen LogP contribution in [-0.2, 0) is 6.18 Å². The van der Waals surface area contributed by atoms with Gasteiger partial charge in [-0.2, -0.15) is 18.3 Å². The number of alkyl halides is 3. The fraction of sp³-hybridized carbons (Fsp3) is 0.111. The maximum absolute atomic E-state index is 13.7.